The van der Waals surface area contributed by atoms with Crippen LogP contribution in [0.4, 0.5) is 5.95 Å². The first kappa shape index (κ1) is 16.3. The highest BCUT2D eigenvalue weighted by Gasteiger charge is 2.22. The maximum Gasteiger partial charge on any atom is 0.280 e. The number of nitrogens with one attached hydrogen (secondary N) is 2. The molecule has 25 heavy (non-hydrogen) atoms. The molecule has 0 spiro atoms. The normalized spacial score (nSPS) is 15.2. The van der Waals surface area contributed by atoms with Gasteiger partial charge in [-0.25, -0.2) is 4.98 Å². The minimum absolute atomic E-state index is 0.0303. The molecule has 0 aromatic carbocycles. The second-order valence-electron chi connectivity index (χ2n) is 6.63. The minimum atomic E-state index is -0.0303. The van der Waals surface area contributed by atoms with E-state index >= 15 is 0 Å². The molecule has 0 unspecified atom stereocenters. The fourth-order valence-electron chi connectivity index (χ4n) is 3.54. The third-order valence-corrected chi connectivity index (χ3v) is 5.70. The number of anilines is 1. The molecule has 3 aromatic rings. The van der Waals surface area contributed by atoms with Crippen molar-refractivity contribution in [2.75, 3.05) is 5.32 Å². The van der Waals surface area contributed by atoms with Gasteiger partial charge in [0.15, 0.2) is 11.2 Å². The van der Waals surface area contributed by atoms with Crippen molar-refractivity contribution >= 4 is 28.4 Å². The van der Waals surface area contributed by atoms with Crippen molar-refractivity contribution in [2.24, 2.45) is 0 Å². The first-order valence-corrected chi connectivity index (χ1v) is 9.91. The molecule has 3 aromatic heterocycles. The van der Waals surface area contributed by atoms with Crippen LogP contribution < -0.4 is 10.9 Å². The number of thiophene rings is 1. The number of nitrogens with zero attached hydrogens (tertiary/aromatic N) is 3. The molecule has 0 radical (unpaired) electrons. The van der Waals surface area contributed by atoms with Gasteiger partial charge < -0.3 is 10.3 Å². The van der Waals surface area contributed by atoms with Gasteiger partial charge in [0.1, 0.15) is 5.82 Å². The van der Waals surface area contributed by atoms with E-state index in [-0.39, 0.29) is 5.56 Å². The lowest BCUT2D eigenvalue weighted by Gasteiger charge is -2.12. The van der Waals surface area contributed by atoms with E-state index in [0.717, 1.165) is 25.1 Å². The first-order chi connectivity index (χ1) is 12.3. The highest BCUT2D eigenvalue weighted by atomic mass is 32.1. The number of fused-ring (bicyclic) bond motifs is 1. The van der Waals surface area contributed by atoms with E-state index in [1.807, 2.05) is 11.4 Å². The Labute approximate surface area is 150 Å². The average Bonchev–Trinajstić information content (AvgIpc) is 3.36. The molecule has 0 atom stereocenters. The summed E-state index contributed by atoms with van der Waals surface area (Å²) in [5.74, 6) is 1.98. The summed E-state index contributed by atoms with van der Waals surface area (Å²) in [6.45, 7) is 3.38. The largest absolute Gasteiger partial charge is 0.351 e. The summed E-state index contributed by atoms with van der Waals surface area (Å²) < 4.78 is 1.73. The van der Waals surface area contributed by atoms with Crippen molar-refractivity contribution in [2.45, 2.75) is 58.0 Å². The van der Waals surface area contributed by atoms with Crippen molar-refractivity contribution in [3.63, 3.8) is 0 Å². The molecule has 1 saturated carbocycles. The SMILES string of the molecule is CCCn1c(NCc2cccs2)nc2nc(C3CCCC3)[nH]c2c1=O. The lowest BCUT2D eigenvalue weighted by molar-refractivity contribution is 0.651. The zero-order chi connectivity index (χ0) is 17.2. The number of H-pyrrole nitrogens is 1. The van der Waals surface area contributed by atoms with Crippen LogP contribution in [0.5, 0.6) is 0 Å². The quantitative estimate of drug-likeness (QED) is 0.702. The average molecular weight is 357 g/mol. The summed E-state index contributed by atoms with van der Waals surface area (Å²) in [5.41, 5.74) is 1.04. The Bertz CT molecular complexity index is 906. The van der Waals surface area contributed by atoms with Gasteiger partial charge >= 0.3 is 0 Å². The molecule has 3 heterocycles. The van der Waals surface area contributed by atoms with Crippen LogP contribution in [0.25, 0.3) is 11.2 Å². The monoisotopic (exact) mass is 357 g/mol. The molecule has 6 nitrogen and oxygen atoms in total. The Balaban J connectivity index is 1.72. The third kappa shape index (κ3) is 3.20. The van der Waals surface area contributed by atoms with Crippen LogP contribution in [0.1, 0.15) is 55.6 Å². The molecule has 1 aliphatic rings. The molecule has 0 amide bonds. The van der Waals surface area contributed by atoms with E-state index in [1.165, 1.54) is 17.7 Å². The highest BCUT2D eigenvalue weighted by molar-refractivity contribution is 7.09. The number of aromatic amines is 1. The summed E-state index contributed by atoms with van der Waals surface area (Å²) in [7, 11) is 0. The molecule has 0 bridgehead atoms. The molecule has 0 saturated heterocycles. The second-order valence-corrected chi connectivity index (χ2v) is 7.66. The molecule has 1 aliphatic carbocycles. The van der Waals surface area contributed by atoms with Gasteiger partial charge in [-0.1, -0.05) is 25.8 Å². The van der Waals surface area contributed by atoms with Crippen LogP contribution in [0, 0.1) is 0 Å². The summed E-state index contributed by atoms with van der Waals surface area (Å²) in [6, 6.07) is 4.10. The molecule has 2 N–H and O–H groups in total. The highest BCUT2D eigenvalue weighted by Crippen LogP contribution is 2.32. The Hall–Kier alpha value is -2.15. The van der Waals surface area contributed by atoms with Gasteiger partial charge in [0, 0.05) is 17.3 Å². The fourth-order valence-corrected chi connectivity index (χ4v) is 4.19. The predicted octanol–water partition coefficient (Wildman–Crippen LogP) is 3.86. The number of hydrogen-bond donors (Lipinski definition) is 2. The van der Waals surface area contributed by atoms with Gasteiger partial charge in [0.05, 0.1) is 6.54 Å². The van der Waals surface area contributed by atoms with Crippen LogP contribution in [-0.2, 0) is 13.1 Å². The Morgan fingerprint density at radius 2 is 2.20 bits per heavy atom. The summed E-state index contributed by atoms with van der Waals surface area (Å²) in [4.78, 5) is 26.7. The fraction of sp³-hybridized carbons (Fsp3) is 0.500. The van der Waals surface area contributed by atoms with Crippen LogP contribution in [0.2, 0.25) is 0 Å². The molecule has 7 heteroatoms. The van der Waals surface area contributed by atoms with Crippen molar-refractivity contribution in [1.82, 2.24) is 19.5 Å². The van der Waals surface area contributed by atoms with Crippen molar-refractivity contribution in [3.05, 3.63) is 38.6 Å². The predicted molar refractivity (Wildman–Crippen MR) is 101 cm³/mol. The van der Waals surface area contributed by atoms with E-state index in [0.29, 0.717) is 36.1 Å². The number of rotatable bonds is 6. The molecule has 1 fully saturated rings. The standard InChI is InChI=1S/C18H23N5OS/c1-2-9-23-17(24)14-16(21-15(20-14)12-6-3-4-7-12)22-18(23)19-11-13-8-5-10-25-13/h5,8,10,12H,2-4,6-7,9,11H2,1H3,(H,19,22)(H,20,21). The Kier molecular flexibility index (Phi) is 4.57. The van der Waals surface area contributed by atoms with Crippen LogP contribution in [0.15, 0.2) is 22.3 Å². The maximum absolute atomic E-state index is 12.9. The molecular weight excluding hydrogens is 334 g/mol. The lowest BCUT2D eigenvalue weighted by Crippen LogP contribution is -2.25. The summed E-state index contributed by atoms with van der Waals surface area (Å²) >= 11 is 1.69. The van der Waals surface area contributed by atoms with Gasteiger partial charge in [-0.2, -0.15) is 4.98 Å². The molecule has 0 aliphatic heterocycles. The van der Waals surface area contributed by atoms with Gasteiger partial charge in [0.25, 0.3) is 5.56 Å². The number of imidazole rings is 1. The zero-order valence-corrected chi connectivity index (χ0v) is 15.2. The number of aromatic nitrogens is 4. The smallest absolute Gasteiger partial charge is 0.280 e. The van der Waals surface area contributed by atoms with Gasteiger partial charge in [-0.15, -0.1) is 11.3 Å². The third-order valence-electron chi connectivity index (χ3n) is 4.82. The maximum atomic E-state index is 12.9. The summed E-state index contributed by atoms with van der Waals surface area (Å²) in [6.07, 6.45) is 5.65. The molecule has 4 rings (SSSR count). The Morgan fingerprint density at radius 3 is 2.92 bits per heavy atom. The lowest BCUT2D eigenvalue weighted by atomic mass is 10.1. The Morgan fingerprint density at radius 1 is 1.36 bits per heavy atom. The van der Waals surface area contributed by atoms with E-state index in [4.69, 9.17) is 0 Å². The van der Waals surface area contributed by atoms with Crippen molar-refractivity contribution in [3.8, 4) is 0 Å². The van der Waals surface area contributed by atoms with E-state index in [9.17, 15) is 4.79 Å². The van der Waals surface area contributed by atoms with Crippen molar-refractivity contribution in [1.29, 1.82) is 0 Å². The van der Waals surface area contributed by atoms with Crippen molar-refractivity contribution < 1.29 is 0 Å². The first-order valence-electron chi connectivity index (χ1n) is 9.03. The van der Waals surface area contributed by atoms with E-state index < -0.39 is 0 Å². The van der Waals surface area contributed by atoms with Gasteiger partial charge in [-0.05, 0) is 30.7 Å². The second kappa shape index (κ2) is 7.00. The van der Waals surface area contributed by atoms with Crippen LogP contribution in [0.3, 0.4) is 0 Å². The van der Waals surface area contributed by atoms with E-state index in [1.54, 1.807) is 15.9 Å². The topological polar surface area (TPSA) is 75.6 Å². The van der Waals surface area contributed by atoms with Gasteiger partial charge in [-0.3, -0.25) is 9.36 Å². The van der Waals surface area contributed by atoms with E-state index in [2.05, 4.69) is 33.3 Å². The molecule has 132 valence electrons. The molecular formula is C18H23N5OS. The van der Waals surface area contributed by atoms with Gasteiger partial charge in [0.2, 0.25) is 5.95 Å². The summed E-state index contributed by atoms with van der Waals surface area (Å²) in [5, 5.41) is 5.37. The number of hydrogen-bond acceptors (Lipinski definition) is 5. The van der Waals surface area contributed by atoms with Crippen LogP contribution in [-0.4, -0.2) is 19.5 Å². The minimum Gasteiger partial charge on any atom is -0.351 e. The van der Waals surface area contributed by atoms with Crippen LogP contribution >= 0.6 is 11.3 Å². The zero-order valence-electron chi connectivity index (χ0n) is 14.4.